The minimum atomic E-state index is -2.70. The number of hydrogen-bond donors (Lipinski definition) is 0. The van der Waals surface area contributed by atoms with Gasteiger partial charge in [0.05, 0.1) is 43.4 Å². The van der Waals surface area contributed by atoms with Gasteiger partial charge in [-0.15, -0.1) is 0 Å². The molecule has 3 heterocycles. The Balaban J connectivity index is 1.41. The van der Waals surface area contributed by atoms with Gasteiger partial charge < -0.3 is 9.64 Å². The molecule has 0 unspecified atom stereocenters. The molecule has 0 saturated carbocycles. The van der Waals surface area contributed by atoms with Gasteiger partial charge in [-0.05, 0) is 28.8 Å². The number of carbonyl (C=O) groups is 1. The summed E-state index contributed by atoms with van der Waals surface area (Å²) in [7, 11) is -0.822. The summed E-state index contributed by atoms with van der Waals surface area (Å²) in [6, 6.07) is 14.7. The van der Waals surface area contributed by atoms with Crippen LogP contribution in [0.3, 0.4) is 0 Å². The lowest BCUT2D eigenvalue weighted by Gasteiger charge is -2.15. The van der Waals surface area contributed by atoms with Crippen LogP contribution in [0.25, 0.3) is 22.0 Å². The molecular weight excluding hydrogens is 364 g/mol. The number of rotatable bonds is 4. The second-order valence-corrected chi connectivity index (χ2v) is 6.91. The van der Waals surface area contributed by atoms with Crippen LogP contribution in [0.1, 0.15) is 28.5 Å². The van der Waals surface area contributed by atoms with Crippen LogP contribution in [-0.2, 0) is 20.1 Å². The van der Waals surface area contributed by atoms with Crippen LogP contribution >= 0.6 is 0 Å². The van der Waals surface area contributed by atoms with E-state index in [1.165, 1.54) is 6.07 Å². The number of benzene rings is 2. The van der Waals surface area contributed by atoms with Gasteiger partial charge in [0.1, 0.15) is 5.75 Å². The zero-order valence-electron chi connectivity index (χ0n) is 20.6. The molecule has 0 saturated heterocycles. The van der Waals surface area contributed by atoms with E-state index in [-0.39, 0.29) is 23.6 Å². The summed E-state index contributed by atoms with van der Waals surface area (Å²) in [4.78, 5) is 18.1. The Morgan fingerprint density at radius 1 is 1.21 bits per heavy atom. The molecule has 144 valence electrons. The normalized spacial score (nSPS) is 17.9. The first-order chi connectivity index (χ1) is 16.0. The van der Waals surface area contributed by atoms with Crippen LogP contribution in [0.5, 0.6) is 5.75 Å². The van der Waals surface area contributed by atoms with Crippen molar-refractivity contribution in [1.82, 2.24) is 19.7 Å². The molecule has 6 heteroatoms. The van der Waals surface area contributed by atoms with E-state index in [2.05, 4.69) is 10.1 Å². The zero-order valence-corrected chi connectivity index (χ0v) is 15.6. The number of carbonyl (C=O) groups excluding carboxylic acids is 1. The molecule has 1 aliphatic heterocycles. The van der Waals surface area contributed by atoms with Crippen LogP contribution in [0, 0.1) is 0 Å². The summed E-state index contributed by atoms with van der Waals surface area (Å²) in [5.41, 5.74) is 3.58. The highest BCUT2D eigenvalue weighted by molar-refractivity contribution is 5.98. The lowest BCUT2D eigenvalue weighted by Crippen LogP contribution is -2.23. The Morgan fingerprint density at radius 3 is 2.90 bits per heavy atom. The first-order valence-corrected chi connectivity index (χ1v) is 9.06. The second kappa shape index (κ2) is 6.74. The highest BCUT2D eigenvalue weighted by atomic mass is 16.5. The van der Waals surface area contributed by atoms with Crippen molar-refractivity contribution in [2.24, 2.45) is 7.05 Å². The molecule has 6 nitrogen and oxygen atoms in total. The number of amides is 1. The van der Waals surface area contributed by atoms with E-state index in [0.717, 1.165) is 38.7 Å². The predicted molar refractivity (Wildman–Crippen MR) is 111 cm³/mol. The van der Waals surface area contributed by atoms with Crippen molar-refractivity contribution in [3.8, 4) is 16.9 Å². The maximum atomic E-state index is 13.0. The number of fused-ring (bicyclic) bond motifs is 2. The number of methoxy groups -OCH3 is 1. The third kappa shape index (κ3) is 3.02. The number of nitrogens with zero attached hydrogens (tertiary/aromatic N) is 4. The number of pyridine rings is 1. The molecule has 29 heavy (non-hydrogen) atoms. The van der Waals surface area contributed by atoms with Crippen LogP contribution in [0.2, 0.25) is 0 Å². The Hall–Kier alpha value is -3.67. The fourth-order valence-corrected chi connectivity index (χ4v) is 3.57. The molecule has 2 aromatic heterocycles. The molecule has 0 aliphatic carbocycles. The average molecular weight is 389 g/mol. The molecule has 0 atom stereocenters. The van der Waals surface area contributed by atoms with Gasteiger partial charge in [-0.25, -0.2) is 0 Å². The topological polar surface area (TPSA) is 60.2 Å². The average Bonchev–Trinajstić information content (AvgIpc) is 3.23. The minimum Gasteiger partial charge on any atom is -0.495 e. The first kappa shape index (κ1) is 12.7. The van der Waals surface area contributed by atoms with Crippen molar-refractivity contribution in [3.05, 3.63) is 77.7 Å². The Morgan fingerprint density at radius 2 is 2.07 bits per heavy atom. The van der Waals surface area contributed by atoms with Crippen molar-refractivity contribution in [2.75, 3.05) is 7.04 Å². The third-order valence-electron chi connectivity index (χ3n) is 4.97. The van der Waals surface area contributed by atoms with E-state index < -0.39 is 19.4 Å². The highest BCUT2D eigenvalue weighted by Gasteiger charge is 2.29. The van der Waals surface area contributed by atoms with E-state index in [9.17, 15) is 4.79 Å². The van der Waals surface area contributed by atoms with E-state index in [0.29, 0.717) is 0 Å². The van der Waals surface area contributed by atoms with Crippen LogP contribution in [0.15, 0.2) is 60.9 Å². The van der Waals surface area contributed by atoms with E-state index >= 15 is 0 Å². The molecule has 0 radical (unpaired) electrons. The molecule has 1 amide bonds. The molecule has 1 aliphatic rings. The fourth-order valence-electron chi connectivity index (χ4n) is 3.57. The van der Waals surface area contributed by atoms with E-state index in [1.54, 1.807) is 4.68 Å². The van der Waals surface area contributed by atoms with Gasteiger partial charge in [0, 0.05) is 25.2 Å². The fraction of sp³-hybridized carbons (Fsp3) is 0.174. The van der Waals surface area contributed by atoms with Gasteiger partial charge in [-0.2, -0.15) is 5.10 Å². The summed E-state index contributed by atoms with van der Waals surface area (Å²) in [6.45, 7) is -2.13. The third-order valence-corrected chi connectivity index (χ3v) is 4.97. The van der Waals surface area contributed by atoms with Crippen LogP contribution in [0.4, 0.5) is 0 Å². The summed E-state index contributed by atoms with van der Waals surface area (Å²) < 4.78 is 45.2. The van der Waals surface area contributed by atoms with Crippen LogP contribution in [-0.4, -0.2) is 32.6 Å². The standard InChI is InChI=1S/C23H20N4O2/c1-26-13-20-18(4-3-5-21(20)25-26)16-8-6-15(7-9-16)12-27-14-22-19(23(27)28)10-17(29-2)11-24-22/h3-11,13H,12,14H2,1-2H3/i2D3,14D2. The second-order valence-electron chi connectivity index (χ2n) is 6.91. The Kier molecular flexibility index (Phi) is 2.96. The van der Waals surface area contributed by atoms with E-state index in [1.807, 2.05) is 55.7 Å². The molecule has 0 fully saturated rings. The monoisotopic (exact) mass is 389 g/mol. The smallest absolute Gasteiger partial charge is 0.256 e. The van der Waals surface area contributed by atoms with E-state index in [4.69, 9.17) is 11.6 Å². The Labute approximate surface area is 175 Å². The molecule has 0 bridgehead atoms. The summed E-state index contributed by atoms with van der Waals surface area (Å²) in [5.74, 6) is -0.689. The summed E-state index contributed by atoms with van der Waals surface area (Å²) in [5, 5.41) is 5.47. The van der Waals surface area contributed by atoms with Gasteiger partial charge >= 0.3 is 0 Å². The molecular formula is C23H20N4O2. The van der Waals surface area contributed by atoms with Crippen molar-refractivity contribution in [3.63, 3.8) is 0 Å². The lowest BCUT2D eigenvalue weighted by atomic mass is 10.0. The van der Waals surface area contributed by atoms with Crippen molar-refractivity contribution < 1.29 is 16.4 Å². The van der Waals surface area contributed by atoms with Gasteiger partial charge in [0.2, 0.25) is 0 Å². The molecule has 0 N–H and O–H groups in total. The Bertz CT molecular complexity index is 1410. The minimum absolute atomic E-state index is 0.00775. The number of hydrogen-bond acceptors (Lipinski definition) is 4. The molecule has 0 spiro atoms. The number of aromatic nitrogens is 3. The predicted octanol–water partition coefficient (Wildman–Crippen LogP) is 3.80. The van der Waals surface area contributed by atoms with Crippen molar-refractivity contribution in [2.45, 2.75) is 13.0 Å². The van der Waals surface area contributed by atoms with Gasteiger partial charge in [-0.1, -0.05) is 36.4 Å². The number of ether oxygens (including phenoxy) is 1. The highest BCUT2D eigenvalue weighted by Crippen LogP contribution is 2.29. The van der Waals surface area contributed by atoms with Crippen molar-refractivity contribution in [1.29, 1.82) is 0 Å². The zero-order chi connectivity index (χ0) is 24.3. The summed E-state index contributed by atoms with van der Waals surface area (Å²) in [6.07, 6.45) is 3.08. The van der Waals surface area contributed by atoms with Gasteiger partial charge in [0.25, 0.3) is 5.91 Å². The summed E-state index contributed by atoms with van der Waals surface area (Å²) >= 11 is 0. The SMILES string of the molecule is [2H]C([2H])([2H])Oc1cnc2c(c1)C(=O)N(Cc1ccc(-c3cccc4nn(C)cc34)cc1)C2([2H])[2H]. The molecule has 4 aromatic rings. The maximum Gasteiger partial charge on any atom is 0.256 e. The lowest BCUT2D eigenvalue weighted by molar-refractivity contribution is 0.0766. The van der Waals surface area contributed by atoms with Gasteiger partial charge in [-0.3, -0.25) is 14.5 Å². The molecule has 5 rings (SSSR count). The quantitative estimate of drug-likeness (QED) is 0.533. The first-order valence-electron chi connectivity index (χ1n) is 11.6. The van der Waals surface area contributed by atoms with Crippen molar-refractivity contribution >= 4 is 16.8 Å². The van der Waals surface area contributed by atoms with Gasteiger partial charge in [0.15, 0.2) is 0 Å². The van der Waals surface area contributed by atoms with Crippen LogP contribution < -0.4 is 4.74 Å². The maximum absolute atomic E-state index is 13.0. The number of aryl methyl sites for hydroxylation is 1. The largest absolute Gasteiger partial charge is 0.495 e. The molecule has 2 aromatic carbocycles.